The van der Waals surface area contributed by atoms with Crippen molar-refractivity contribution in [3.63, 3.8) is 0 Å². The number of anilines is 2. The van der Waals surface area contributed by atoms with E-state index in [1.54, 1.807) is 24.3 Å². The highest BCUT2D eigenvalue weighted by molar-refractivity contribution is 7.11. The predicted octanol–water partition coefficient (Wildman–Crippen LogP) is 1.24. The van der Waals surface area contributed by atoms with Gasteiger partial charge >= 0.3 is 12.1 Å². The molecule has 166 valence electrons. The second kappa shape index (κ2) is 10.7. The molecule has 0 atom stereocenters. The third kappa shape index (κ3) is 6.38. The zero-order chi connectivity index (χ0) is 22.2. The number of carbonyl (C=O) groups excluding carboxylic acids is 3. The van der Waals surface area contributed by atoms with Crippen molar-refractivity contribution >= 4 is 40.2 Å². The number of nitrogens with zero attached hydrogens (tertiary/aromatic N) is 2. The summed E-state index contributed by atoms with van der Waals surface area (Å²) in [4.78, 5) is 37.5. The molecule has 0 radical (unpaired) electrons. The molecule has 7 N–H and O–H groups in total. The maximum Gasteiger partial charge on any atom is 0.319 e. The summed E-state index contributed by atoms with van der Waals surface area (Å²) in [7, 11) is 0. The molecule has 1 aliphatic heterocycles. The number of hydrogen-bond donors (Lipinski definition) is 5. The van der Waals surface area contributed by atoms with E-state index in [1.807, 2.05) is 0 Å². The smallest absolute Gasteiger partial charge is 0.319 e. The van der Waals surface area contributed by atoms with Gasteiger partial charge in [-0.2, -0.15) is 4.37 Å². The van der Waals surface area contributed by atoms with Crippen LogP contribution in [0.3, 0.4) is 0 Å². The maximum atomic E-state index is 12.3. The number of morpholine rings is 1. The first-order chi connectivity index (χ1) is 14.9. The fraction of sp³-hybridized carbons (Fsp3) is 0.368. The Labute approximate surface area is 183 Å². The molecule has 11 nitrogen and oxygen atoms in total. The molecule has 1 aliphatic rings. The van der Waals surface area contributed by atoms with Crippen molar-refractivity contribution in [2.45, 2.75) is 6.42 Å². The Morgan fingerprint density at radius 1 is 1.10 bits per heavy atom. The van der Waals surface area contributed by atoms with Gasteiger partial charge in [0.15, 0.2) is 0 Å². The molecule has 5 amide bonds. The molecule has 31 heavy (non-hydrogen) atoms. The quantitative estimate of drug-likeness (QED) is 0.382. The van der Waals surface area contributed by atoms with Gasteiger partial charge in [0.1, 0.15) is 10.6 Å². The summed E-state index contributed by atoms with van der Waals surface area (Å²) in [6.45, 7) is 4.65. The van der Waals surface area contributed by atoms with Gasteiger partial charge in [-0.1, -0.05) is 12.1 Å². The first kappa shape index (κ1) is 22.5. The minimum absolute atomic E-state index is 0.129. The van der Waals surface area contributed by atoms with Crippen LogP contribution in [-0.4, -0.2) is 66.6 Å². The normalized spacial score (nSPS) is 14.1. The predicted molar refractivity (Wildman–Crippen MR) is 118 cm³/mol. The van der Waals surface area contributed by atoms with E-state index < -0.39 is 18.0 Å². The van der Waals surface area contributed by atoms with E-state index in [0.29, 0.717) is 23.5 Å². The van der Waals surface area contributed by atoms with Gasteiger partial charge in [0.25, 0.3) is 5.91 Å². The summed E-state index contributed by atoms with van der Waals surface area (Å²) in [6, 6.07) is 5.48. The average Bonchev–Trinajstić information content (AvgIpc) is 3.16. The van der Waals surface area contributed by atoms with Gasteiger partial charge < -0.3 is 26.8 Å². The number of primary amides is 2. The Balaban J connectivity index is 1.58. The Kier molecular flexibility index (Phi) is 7.76. The van der Waals surface area contributed by atoms with Gasteiger partial charge in [-0.05, 0) is 36.6 Å². The first-order valence-electron chi connectivity index (χ1n) is 9.75. The molecular formula is C19H25N7O4S. The third-order valence-corrected chi connectivity index (χ3v) is 5.39. The molecule has 3 rings (SSSR count). The van der Waals surface area contributed by atoms with Crippen molar-refractivity contribution in [2.75, 3.05) is 50.0 Å². The number of urea groups is 2. The van der Waals surface area contributed by atoms with Crippen molar-refractivity contribution in [1.29, 1.82) is 0 Å². The lowest BCUT2D eigenvalue weighted by atomic mass is 10.1. The molecule has 2 aromatic rings. The van der Waals surface area contributed by atoms with Crippen LogP contribution < -0.4 is 27.4 Å². The number of benzene rings is 1. The minimum atomic E-state index is -0.703. The zero-order valence-corrected chi connectivity index (χ0v) is 17.7. The molecule has 0 bridgehead atoms. The first-order valence-corrected chi connectivity index (χ1v) is 10.5. The molecule has 1 aromatic heterocycles. The number of hydrogen-bond acceptors (Lipinski definition) is 7. The van der Waals surface area contributed by atoms with E-state index in [0.717, 1.165) is 50.8 Å². The summed E-state index contributed by atoms with van der Waals surface area (Å²) in [5.41, 5.74) is 12.2. The van der Waals surface area contributed by atoms with E-state index >= 15 is 0 Å². The standard InChI is InChI=1S/C19H25N7O4S/c20-16(27)14-15(12-2-4-13(5-3-12)23-18(21)28)25-31-17(14)24-19(29)22-6-1-7-26-8-10-30-11-9-26/h2-5H,1,6-11H2,(H2,20,27)(H3,21,23,28)(H2,22,24,29). The van der Waals surface area contributed by atoms with Gasteiger partial charge in [-0.15, -0.1) is 0 Å². The Morgan fingerprint density at radius 3 is 2.45 bits per heavy atom. The van der Waals surface area contributed by atoms with Gasteiger partial charge in [0.05, 0.1) is 18.9 Å². The van der Waals surface area contributed by atoms with Crippen molar-refractivity contribution in [1.82, 2.24) is 14.6 Å². The summed E-state index contributed by atoms with van der Waals surface area (Å²) in [6.07, 6.45) is 0.801. The van der Waals surface area contributed by atoms with Crippen LogP contribution >= 0.6 is 11.5 Å². The number of ether oxygens (including phenoxy) is 1. The lowest BCUT2D eigenvalue weighted by Gasteiger charge is -2.26. The Morgan fingerprint density at radius 2 is 1.81 bits per heavy atom. The fourth-order valence-corrected chi connectivity index (χ4v) is 3.94. The molecule has 12 heteroatoms. The van der Waals surface area contributed by atoms with Gasteiger partial charge in [0.2, 0.25) is 0 Å². The van der Waals surface area contributed by atoms with Crippen molar-refractivity contribution < 1.29 is 19.1 Å². The minimum Gasteiger partial charge on any atom is -0.379 e. The van der Waals surface area contributed by atoms with Gasteiger partial charge in [-0.3, -0.25) is 15.0 Å². The van der Waals surface area contributed by atoms with E-state index in [4.69, 9.17) is 16.2 Å². The summed E-state index contributed by atoms with van der Waals surface area (Å²) < 4.78 is 9.59. The molecule has 0 unspecified atom stereocenters. The van der Waals surface area contributed by atoms with Crippen LogP contribution in [0.25, 0.3) is 11.3 Å². The van der Waals surface area contributed by atoms with Gasteiger partial charge in [-0.25, -0.2) is 9.59 Å². The monoisotopic (exact) mass is 447 g/mol. The lowest BCUT2D eigenvalue weighted by Crippen LogP contribution is -2.38. The summed E-state index contributed by atoms with van der Waals surface area (Å²) >= 11 is 0.970. The van der Waals surface area contributed by atoms with Crippen LogP contribution in [0.2, 0.25) is 0 Å². The second-order valence-corrected chi connectivity index (χ2v) is 7.63. The Bertz CT molecular complexity index is 926. The van der Waals surface area contributed by atoms with E-state index in [1.165, 1.54) is 0 Å². The van der Waals surface area contributed by atoms with Crippen LogP contribution in [0.4, 0.5) is 20.3 Å². The van der Waals surface area contributed by atoms with Crippen molar-refractivity contribution in [3.8, 4) is 11.3 Å². The maximum absolute atomic E-state index is 12.3. The molecular weight excluding hydrogens is 422 g/mol. The SMILES string of the molecule is NC(=O)Nc1ccc(-c2nsc(NC(=O)NCCCN3CCOCC3)c2C(N)=O)cc1. The van der Waals surface area contributed by atoms with E-state index in [9.17, 15) is 14.4 Å². The topological polar surface area (TPSA) is 165 Å². The fourth-order valence-electron chi connectivity index (χ4n) is 3.13. The van der Waals surface area contributed by atoms with Crippen molar-refractivity contribution in [2.24, 2.45) is 11.5 Å². The zero-order valence-electron chi connectivity index (χ0n) is 16.8. The largest absolute Gasteiger partial charge is 0.379 e. The van der Waals surface area contributed by atoms with Crippen LogP contribution in [0.15, 0.2) is 24.3 Å². The third-order valence-electron chi connectivity index (χ3n) is 4.63. The van der Waals surface area contributed by atoms with Crippen LogP contribution in [0.1, 0.15) is 16.8 Å². The highest BCUT2D eigenvalue weighted by Gasteiger charge is 2.21. The highest BCUT2D eigenvalue weighted by Crippen LogP contribution is 2.32. The number of carbonyl (C=O) groups is 3. The van der Waals surface area contributed by atoms with Crippen LogP contribution in [0, 0.1) is 0 Å². The average molecular weight is 448 g/mol. The summed E-state index contributed by atoms with van der Waals surface area (Å²) in [5.74, 6) is -0.703. The van der Waals surface area contributed by atoms with Crippen molar-refractivity contribution in [3.05, 3.63) is 29.8 Å². The van der Waals surface area contributed by atoms with Gasteiger partial charge in [0, 0.05) is 30.9 Å². The number of rotatable bonds is 8. The molecule has 1 saturated heterocycles. The molecule has 1 aromatic carbocycles. The number of amides is 5. The number of nitrogens with one attached hydrogen (secondary N) is 3. The highest BCUT2D eigenvalue weighted by atomic mass is 32.1. The molecule has 0 saturated carbocycles. The van der Waals surface area contributed by atoms with E-state index in [-0.39, 0.29) is 10.6 Å². The molecule has 1 fully saturated rings. The van der Waals surface area contributed by atoms with E-state index in [2.05, 4.69) is 25.2 Å². The second-order valence-electron chi connectivity index (χ2n) is 6.85. The molecule has 2 heterocycles. The van der Waals surface area contributed by atoms with Crippen LogP contribution in [0.5, 0.6) is 0 Å². The number of nitrogens with two attached hydrogens (primary N) is 2. The Hall–Kier alpha value is -3.22. The summed E-state index contributed by atoms with van der Waals surface area (Å²) in [5, 5.41) is 8.16. The lowest BCUT2D eigenvalue weighted by molar-refractivity contribution is 0.0375. The molecule has 0 aliphatic carbocycles. The number of aromatic nitrogens is 1. The van der Waals surface area contributed by atoms with Crippen LogP contribution in [-0.2, 0) is 4.74 Å². The molecule has 0 spiro atoms.